The first-order valence-corrected chi connectivity index (χ1v) is 14.5. The van der Waals surface area contributed by atoms with Gasteiger partial charge >= 0.3 is 5.69 Å². The second-order valence-corrected chi connectivity index (χ2v) is 11.1. The van der Waals surface area contributed by atoms with Gasteiger partial charge in [0.15, 0.2) is 5.78 Å². The molecule has 8 heteroatoms. The number of Topliss-reactive ketones (excluding diaryl/α,β-unsaturated/α-hetero) is 1. The molecule has 0 aliphatic heterocycles. The molecule has 0 fully saturated rings. The largest absolute Gasteiger partial charge is 0.343 e. The van der Waals surface area contributed by atoms with Crippen molar-refractivity contribution in [3.63, 3.8) is 0 Å². The number of imidazole rings is 1. The van der Waals surface area contributed by atoms with E-state index in [-0.39, 0.29) is 17.3 Å². The van der Waals surface area contributed by atoms with Crippen molar-refractivity contribution < 1.29 is 9.18 Å². The van der Waals surface area contributed by atoms with Crippen molar-refractivity contribution in [3.8, 4) is 22.4 Å². The molecular weight excluding hydrogens is 529 g/mol. The Morgan fingerprint density at radius 2 is 1.71 bits per heavy atom. The molecule has 0 saturated carbocycles. The zero-order chi connectivity index (χ0) is 30.6. The molecule has 5 aromatic rings. The molecule has 2 atom stereocenters. The van der Waals surface area contributed by atoms with Crippen LogP contribution in [0.1, 0.15) is 80.3 Å². The number of fused-ring (bicyclic) bond motifs is 1. The number of hydrogen-bond donors (Lipinski definition) is 1. The smallest absolute Gasteiger partial charge is 0.304 e. The maximum absolute atomic E-state index is 14.6. The Kier molecular flexibility index (Phi) is 9.55. The number of ketones is 1. The number of halogens is 1. The highest BCUT2D eigenvalue weighted by molar-refractivity contribution is 5.95. The zero-order valence-corrected chi connectivity index (χ0v) is 25.5. The first-order valence-electron chi connectivity index (χ1n) is 14.5. The number of hydrogen-bond acceptors (Lipinski definition) is 4. The number of aryl methyl sites for hydroxylation is 2. The standard InChI is InChI=1S/C23H19FN2O.C11H21N3O/c1-14-8-9-19(21(24)12-14)18-6-4-5-7-20(18)23-15(2)26-11-10-17(16(3)27)13-22(26)25-23;1-5-8(3)7-9(6-2)10-12-13-11(15)14(10)4/h4-13H,1-3H3;8-9H,5-7H2,1-4H3,(H,13,15). The summed E-state index contributed by atoms with van der Waals surface area (Å²) in [5.74, 6) is 1.72. The highest BCUT2D eigenvalue weighted by atomic mass is 19.1. The SMILES string of the molecule is CC(=O)c1ccn2c(C)c(-c3ccccc3-c3ccc(C)cc3F)nc2c1.CCC(C)CC(CC)c1n[nH]c(=O)n1C. The van der Waals surface area contributed by atoms with Crippen molar-refractivity contribution in [2.75, 3.05) is 0 Å². The fourth-order valence-corrected chi connectivity index (χ4v) is 5.24. The van der Waals surface area contributed by atoms with Crippen molar-refractivity contribution in [3.05, 3.63) is 99.7 Å². The summed E-state index contributed by atoms with van der Waals surface area (Å²) in [7, 11) is 1.78. The van der Waals surface area contributed by atoms with E-state index in [1.807, 2.05) is 60.8 Å². The molecule has 3 aromatic heterocycles. The second-order valence-electron chi connectivity index (χ2n) is 11.1. The van der Waals surface area contributed by atoms with Crippen LogP contribution in [-0.4, -0.2) is 29.9 Å². The lowest BCUT2D eigenvalue weighted by Crippen LogP contribution is -2.17. The number of benzene rings is 2. The predicted octanol–water partition coefficient (Wildman–Crippen LogP) is 7.67. The monoisotopic (exact) mass is 569 g/mol. The van der Waals surface area contributed by atoms with Gasteiger partial charge in [0.25, 0.3) is 0 Å². The summed E-state index contributed by atoms with van der Waals surface area (Å²) < 4.78 is 18.2. The lowest BCUT2D eigenvalue weighted by molar-refractivity contribution is 0.101. The summed E-state index contributed by atoms with van der Waals surface area (Å²) in [6, 6.07) is 16.5. The lowest BCUT2D eigenvalue weighted by atomic mass is 9.91. The number of carbonyl (C=O) groups is 1. The van der Waals surface area contributed by atoms with Crippen LogP contribution < -0.4 is 5.69 Å². The first kappa shape index (κ1) is 30.6. The molecule has 42 heavy (non-hydrogen) atoms. The third-order valence-corrected chi connectivity index (χ3v) is 8.02. The lowest BCUT2D eigenvalue weighted by Gasteiger charge is -2.17. The molecule has 0 aliphatic carbocycles. The summed E-state index contributed by atoms with van der Waals surface area (Å²) in [4.78, 5) is 27.7. The maximum atomic E-state index is 14.6. The van der Waals surface area contributed by atoms with Crippen molar-refractivity contribution in [1.29, 1.82) is 0 Å². The molecule has 0 amide bonds. The number of nitrogens with one attached hydrogen (secondary N) is 1. The van der Waals surface area contributed by atoms with Crippen LogP contribution >= 0.6 is 0 Å². The molecular formula is C34H40FN5O2. The number of nitrogens with zero attached hydrogens (tertiary/aromatic N) is 4. The Morgan fingerprint density at radius 3 is 2.31 bits per heavy atom. The Bertz CT molecular complexity index is 1760. The number of pyridine rings is 1. The number of carbonyl (C=O) groups excluding carboxylic acids is 1. The predicted molar refractivity (Wildman–Crippen MR) is 166 cm³/mol. The van der Waals surface area contributed by atoms with Crippen LogP contribution in [0.5, 0.6) is 0 Å². The van der Waals surface area contributed by atoms with Crippen LogP contribution in [0.25, 0.3) is 28.0 Å². The quantitative estimate of drug-likeness (QED) is 0.194. The molecule has 5 rings (SSSR count). The average molecular weight is 570 g/mol. The molecule has 0 bridgehead atoms. The van der Waals surface area contributed by atoms with Gasteiger partial charge in [0.2, 0.25) is 0 Å². The van der Waals surface area contributed by atoms with E-state index in [0.717, 1.165) is 46.7 Å². The van der Waals surface area contributed by atoms with Crippen LogP contribution in [0.15, 0.2) is 65.6 Å². The minimum atomic E-state index is -0.247. The van der Waals surface area contributed by atoms with Gasteiger partial charge in [0.05, 0.1) is 5.69 Å². The van der Waals surface area contributed by atoms with Gasteiger partial charge in [-0.15, -0.1) is 0 Å². The Balaban J connectivity index is 0.000000230. The fourth-order valence-electron chi connectivity index (χ4n) is 5.24. The van der Waals surface area contributed by atoms with Gasteiger partial charge in [0.1, 0.15) is 17.3 Å². The van der Waals surface area contributed by atoms with E-state index in [4.69, 9.17) is 4.98 Å². The van der Waals surface area contributed by atoms with Crippen molar-refractivity contribution >= 4 is 11.4 Å². The van der Waals surface area contributed by atoms with Crippen LogP contribution in [0, 0.1) is 25.6 Å². The van der Waals surface area contributed by atoms with E-state index >= 15 is 0 Å². The summed E-state index contributed by atoms with van der Waals surface area (Å²) in [5, 5.41) is 6.60. The van der Waals surface area contributed by atoms with E-state index in [1.165, 1.54) is 13.3 Å². The van der Waals surface area contributed by atoms with Crippen LogP contribution in [0.3, 0.4) is 0 Å². The molecule has 0 aliphatic rings. The van der Waals surface area contributed by atoms with Gasteiger partial charge in [-0.25, -0.2) is 19.3 Å². The van der Waals surface area contributed by atoms with Crippen molar-refractivity contribution in [1.82, 2.24) is 24.1 Å². The molecule has 2 unspecified atom stereocenters. The van der Waals surface area contributed by atoms with Gasteiger partial charge in [-0.05, 0) is 68.9 Å². The summed E-state index contributed by atoms with van der Waals surface area (Å²) in [5.41, 5.74) is 6.04. The number of rotatable bonds is 8. The summed E-state index contributed by atoms with van der Waals surface area (Å²) in [6.45, 7) is 12.0. The molecule has 0 radical (unpaired) electrons. The maximum Gasteiger partial charge on any atom is 0.343 e. The molecule has 1 N–H and O–H groups in total. The average Bonchev–Trinajstić information content (AvgIpc) is 3.49. The highest BCUT2D eigenvalue weighted by Gasteiger charge is 2.19. The third kappa shape index (κ3) is 6.43. The molecule has 3 heterocycles. The zero-order valence-electron chi connectivity index (χ0n) is 25.5. The summed E-state index contributed by atoms with van der Waals surface area (Å²) >= 11 is 0. The normalized spacial score (nSPS) is 12.6. The van der Waals surface area contributed by atoms with Crippen LogP contribution in [0.2, 0.25) is 0 Å². The summed E-state index contributed by atoms with van der Waals surface area (Å²) in [6.07, 6.45) is 5.16. The molecule has 0 saturated heterocycles. The minimum Gasteiger partial charge on any atom is -0.304 e. The second kappa shape index (κ2) is 13.1. The third-order valence-electron chi connectivity index (χ3n) is 8.02. The van der Waals surface area contributed by atoms with Crippen LogP contribution in [-0.2, 0) is 7.05 Å². The van der Waals surface area contributed by atoms with Crippen molar-refractivity contribution in [2.24, 2.45) is 13.0 Å². The molecule has 220 valence electrons. The van der Waals surface area contributed by atoms with Gasteiger partial charge in [-0.2, -0.15) is 5.10 Å². The number of H-pyrrole nitrogens is 1. The molecule has 0 spiro atoms. The Morgan fingerprint density at radius 1 is 1.00 bits per heavy atom. The van der Waals surface area contributed by atoms with Gasteiger partial charge in [-0.1, -0.05) is 63.6 Å². The van der Waals surface area contributed by atoms with Gasteiger partial charge in [-0.3, -0.25) is 9.36 Å². The highest BCUT2D eigenvalue weighted by Crippen LogP contribution is 2.35. The van der Waals surface area contributed by atoms with Crippen molar-refractivity contribution in [2.45, 2.75) is 66.7 Å². The van der Waals surface area contributed by atoms with E-state index in [2.05, 4.69) is 31.0 Å². The van der Waals surface area contributed by atoms with E-state index < -0.39 is 0 Å². The van der Waals surface area contributed by atoms with E-state index in [0.29, 0.717) is 28.6 Å². The van der Waals surface area contributed by atoms with Gasteiger partial charge in [0, 0.05) is 41.5 Å². The Hall–Kier alpha value is -4.33. The van der Waals surface area contributed by atoms with E-state index in [9.17, 15) is 14.0 Å². The Labute approximate surface area is 246 Å². The van der Waals surface area contributed by atoms with Crippen LogP contribution in [0.4, 0.5) is 4.39 Å². The molecule has 2 aromatic carbocycles. The molecule has 7 nitrogen and oxygen atoms in total. The number of aromatic nitrogens is 5. The van der Waals surface area contributed by atoms with Gasteiger partial charge < -0.3 is 4.40 Å². The minimum absolute atomic E-state index is 0.00169. The first-order chi connectivity index (χ1) is 20.0. The van der Waals surface area contributed by atoms with E-state index in [1.54, 1.807) is 29.8 Å². The number of aromatic amines is 1. The fraction of sp³-hybridized carbons (Fsp3) is 0.353. The topological polar surface area (TPSA) is 85.1 Å².